The highest BCUT2D eigenvalue weighted by Gasteiger charge is 2.28. The second kappa shape index (κ2) is 14.1. The van der Waals surface area contributed by atoms with Gasteiger partial charge in [0.15, 0.2) is 4.34 Å². The maximum absolute atomic E-state index is 13.0. The number of anilines is 2. The lowest BCUT2D eigenvalue weighted by atomic mass is 10.1. The second-order valence-corrected chi connectivity index (χ2v) is 11.5. The summed E-state index contributed by atoms with van der Waals surface area (Å²) in [5, 5.41) is 13.3. The van der Waals surface area contributed by atoms with E-state index in [4.69, 9.17) is 14.2 Å². The van der Waals surface area contributed by atoms with Crippen LogP contribution in [0.15, 0.2) is 28.6 Å². The molecule has 14 heteroatoms. The number of rotatable bonds is 12. The summed E-state index contributed by atoms with van der Waals surface area (Å²) in [6.45, 7) is 6.93. The highest BCUT2D eigenvalue weighted by Crippen LogP contribution is 2.36. The molecular weight excluding hydrogens is 564 g/mol. The third-order valence-corrected chi connectivity index (χ3v) is 8.36. The molecule has 0 radical (unpaired) electrons. The molecule has 1 unspecified atom stereocenters. The summed E-state index contributed by atoms with van der Waals surface area (Å²) in [6.07, 6.45) is 0.154. The van der Waals surface area contributed by atoms with E-state index in [0.717, 1.165) is 40.0 Å². The van der Waals surface area contributed by atoms with Gasteiger partial charge >= 0.3 is 11.9 Å². The van der Waals surface area contributed by atoms with Gasteiger partial charge in [0.1, 0.15) is 15.6 Å². The van der Waals surface area contributed by atoms with Gasteiger partial charge in [0.25, 0.3) is 0 Å². The molecule has 0 saturated carbocycles. The first kappa shape index (κ1) is 30.1. The number of carbonyl (C=O) groups excluding carboxylic acids is 4. The van der Waals surface area contributed by atoms with Crippen molar-refractivity contribution in [2.45, 2.75) is 43.7 Å². The lowest BCUT2D eigenvalue weighted by molar-refractivity contribution is -0.116. The zero-order chi connectivity index (χ0) is 28.5. The first-order chi connectivity index (χ1) is 18.7. The average Bonchev–Trinajstić information content (AvgIpc) is 3.47. The molecule has 1 atom stereocenters. The first-order valence-corrected chi connectivity index (χ1v) is 14.4. The predicted molar refractivity (Wildman–Crippen MR) is 150 cm³/mol. The fourth-order valence-electron chi connectivity index (χ4n) is 3.26. The van der Waals surface area contributed by atoms with Crippen LogP contribution in [-0.4, -0.2) is 59.5 Å². The van der Waals surface area contributed by atoms with Gasteiger partial charge in [-0.2, -0.15) is 0 Å². The van der Waals surface area contributed by atoms with E-state index in [1.165, 1.54) is 0 Å². The normalized spacial score (nSPS) is 11.4. The molecule has 0 aliphatic heterocycles. The van der Waals surface area contributed by atoms with E-state index in [1.54, 1.807) is 59.1 Å². The molecule has 2 N–H and O–H groups in total. The monoisotopic (exact) mass is 592 g/mol. The van der Waals surface area contributed by atoms with Crippen molar-refractivity contribution in [2.24, 2.45) is 0 Å². The molecule has 2 heterocycles. The van der Waals surface area contributed by atoms with Crippen molar-refractivity contribution in [3.05, 3.63) is 45.8 Å². The van der Waals surface area contributed by atoms with E-state index in [-0.39, 0.29) is 41.0 Å². The third kappa shape index (κ3) is 8.00. The number of ether oxygens (including phenoxy) is 3. The molecule has 2 aromatic heterocycles. The summed E-state index contributed by atoms with van der Waals surface area (Å²) < 4.78 is 15.8. The fraction of sp³-hybridized carbons (Fsp3) is 0.360. The minimum atomic E-state index is -0.642. The van der Waals surface area contributed by atoms with E-state index in [1.807, 2.05) is 0 Å². The molecule has 2 amide bonds. The quantitative estimate of drug-likeness (QED) is 0.174. The Morgan fingerprint density at radius 3 is 2.28 bits per heavy atom. The zero-order valence-corrected chi connectivity index (χ0v) is 24.4. The van der Waals surface area contributed by atoms with Gasteiger partial charge in [-0.25, -0.2) is 9.59 Å². The summed E-state index contributed by atoms with van der Waals surface area (Å²) in [4.78, 5) is 50.5. The van der Waals surface area contributed by atoms with Crippen molar-refractivity contribution in [1.29, 1.82) is 0 Å². The van der Waals surface area contributed by atoms with Gasteiger partial charge in [-0.1, -0.05) is 35.2 Å². The van der Waals surface area contributed by atoms with Gasteiger partial charge in [0, 0.05) is 0 Å². The summed E-state index contributed by atoms with van der Waals surface area (Å²) in [7, 11) is 1.57. The lowest BCUT2D eigenvalue weighted by Crippen LogP contribution is -2.23. The molecule has 0 fully saturated rings. The number of thioether (sulfide) groups is 1. The predicted octanol–water partition coefficient (Wildman–Crippen LogP) is 4.57. The largest absolute Gasteiger partial charge is 0.497 e. The smallest absolute Gasteiger partial charge is 0.348 e. The molecule has 0 aliphatic rings. The van der Waals surface area contributed by atoms with Gasteiger partial charge in [-0.05, 0) is 51.0 Å². The maximum atomic E-state index is 13.0. The first-order valence-electron chi connectivity index (χ1n) is 11.9. The van der Waals surface area contributed by atoms with E-state index in [9.17, 15) is 19.2 Å². The Hall–Kier alpha value is -3.49. The van der Waals surface area contributed by atoms with Crippen molar-refractivity contribution >= 4 is 68.3 Å². The molecule has 0 saturated heterocycles. The van der Waals surface area contributed by atoms with Crippen LogP contribution >= 0.6 is 34.4 Å². The fourth-order valence-corrected chi connectivity index (χ4v) is 6.26. The number of carbonyl (C=O) groups is 4. The Labute approximate surface area is 237 Å². The van der Waals surface area contributed by atoms with Crippen LogP contribution in [-0.2, 0) is 25.5 Å². The van der Waals surface area contributed by atoms with Crippen molar-refractivity contribution in [2.75, 3.05) is 31.0 Å². The van der Waals surface area contributed by atoms with Crippen molar-refractivity contribution in [3.8, 4) is 5.75 Å². The molecule has 11 nitrogen and oxygen atoms in total. The Bertz CT molecular complexity index is 1340. The van der Waals surface area contributed by atoms with Gasteiger partial charge < -0.3 is 24.8 Å². The molecule has 1 aromatic carbocycles. The maximum Gasteiger partial charge on any atom is 0.348 e. The molecule has 3 rings (SSSR count). The van der Waals surface area contributed by atoms with E-state index >= 15 is 0 Å². The number of esters is 2. The number of thiophene rings is 1. The van der Waals surface area contributed by atoms with E-state index in [2.05, 4.69) is 20.8 Å². The number of amides is 2. The molecule has 39 heavy (non-hydrogen) atoms. The summed E-state index contributed by atoms with van der Waals surface area (Å²) in [5.41, 5.74) is 1.31. The summed E-state index contributed by atoms with van der Waals surface area (Å²) in [6, 6.07) is 7.16. The number of benzene rings is 1. The van der Waals surface area contributed by atoms with Crippen LogP contribution in [0.25, 0.3) is 0 Å². The Kier molecular flexibility index (Phi) is 10.8. The van der Waals surface area contributed by atoms with Crippen LogP contribution in [0.1, 0.15) is 51.9 Å². The van der Waals surface area contributed by atoms with Crippen LogP contribution in [0.2, 0.25) is 0 Å². The van der Waals surface area contributed by atoms with Crippen molar-refractivity contribution in [3.63, 3.8) is 0 Å². The van der Waals surface area contributed by atoms with Crippen LogP contribution in [0.3, 0.4) is 0 Å². The Balaban J connectivity index is 1.64. The number of nitrogens with one attached hydrogen (secondary N) is 2. The lowest BCUT2D eigenvalue weighted by Gasteiger charge is -2.10. The van der Waals surface area contributed by atoms with Gasteiger partial charge in [-0.15, -0.1) is 21.5 Å². The van der Waals surface area contributed by atoms with Gasteiger partial charge in [0.05, 0.1) is 37.6 Å². The minimum absolute atomic E-state index is 0.119. The third-order valence-electron chi connectivity index (χ3n) is 5.15. The molecular formula is C25H28N4O7S3. The van der Waals surface area contributed by atoms with E-state index in [0.29, 0.717) is 20.8 Å². The van der Waals surface area contributed by atoms with Crippen LogP contribution in [0, 0.1) is 6.92 Å². The highest BCUT2D eigenvalue weighted by atomic mass is 32.2. The Morgan fingerprint density at radius 2 is 1.64 bits per heavy atom. The molecule has 0 aliphatic carbocycles. The summed E-state index contributed by atoms with van der Waals surface area (Å²) in [5.74, 6) is -1.19. The zero-order valence-electron chi connectivity index (χ0n) is 22.0. The standard InChI is InChI=1S/C25H28N4O7S3/c1-6-35-22(32)18-13(3)19(23(33)36-7-2)38-21(18)27-20(31)14(4)37-25-29-28-24(39-25)26-17(30)12-15-8-10-16(34-5)11-9-15/h8-11,14H,6-7,12H2,1-5H3,(H,27,31)(H,26,28,30). The molecule has 3 aromatic rings. The number of nitrogens with zero attached hydrogens (tertiary/aromatic N) is 2. The number of hydrogen-bond acceptors (Lipinski definition) is 12. The minimum Gasteiger partial charge on any atom is -0.497 e. The molecule has 0 spiro atoms. The van der Waals surface area contributed by atoms with Crippen molar-refractivity contribution < 1.29 is 33.4 Å². The number of hydrogen-bond donors (Lipinski definition) is 2. The molecule has 208 valence electrons. The molecule has 0 bridgehead atoms. The second-order valence-electron chi connectivity index (χ2n) is 7.90. The van der Waals surface area contributed by atoms with Crippen LogP contribution < -0.4 is 15.4 Å². The number of methoxy groups -OCH3 is 1. The topological polar surface area (TPSA) is 146 Å². The highest BCUT2D eigenvalue weighted by molar-refractivity contribution is 8.02. The van der Waals surface area contributed by atoms with Crippen LogP contribution in [0.4, 0.5) is 10.1 Å². The van der Waals surface area contributed by atoms with E-state index < -0.39 is 23.1 Å². The number of aromatic nitrogens is 2. The Morgan fingerprint density at radius 1 is 0.974 bits per heavy atom. The average molecular weight is 593 g/mol. The SMILES string of the molecule is CCOC(=O)c1sc(NC(=O)C(C)Sc2nnc(NC(=O)Cc3ccc(OC)cc3)s2)c(C(=O)OCC)c1C. The van der Waals surface area contributed by atoms with Gasteiger partial charge in [-0.3, -0.25) is 9.59 Å². The summed E-state index contributed by atoms with van der Waals surface area (Å²) >= 11 is 3.24. The van der Waals surface area contributed by atoms with Gasteiger partial charge in [0.2, 0.25) is 16.9 Å². The van der Waals surface area contributed by atoms with Crippen molar-refractivity contribution in [1.82, 2.24) is 10.2 Å². The van der Waals surface area contributed by atoms with Crippen LogP contribution in [0.5, 0.6) is 5.75 Å².